The van der Waals surface area contributed by atoms with Crippen molar-refractivity contribution in [1.82, 2.24) is 9.55 Å². The molecule has 3 N–H and O–H groups in total. The van der Waals surface area contributed by atoms with E-state index >= 15 is 0 Å². The number of nitrogens with two attached hydrogens (primary N) is 1. The van der Waals surface area contributed by atoms with Gasteiger partial charge in [0.25, 0.3) is 0 Å². The predicted molar refractivity (Wildman–Crippen MR) is 74.9 cm³/mol. The van der Waals surface area contributed by atoms with Crippen LogP contribution >= 0.6 is 24.8 Å². The molecule has 1 heterocycles. The van der Waals surface area contributed by atoms with E-state index in [4.69, 9.17) is 5.73 Å². The van der Waals surface area contributed by atoms with Gasteiger partial charge in [0.15, 0.2) is 0 Å². The van der Waals surface area contributed by atoms with Crippen molar-refractivity contribution in [3.63, 3.8) is 0 Å². The minimum Gasteiger partial charge on any atom is -0.399 e. The Bertz CT molecular complexity index is 497. The van der Waals surface area contributed by atoms with E-state index < -0.39 is 6.10 Å². The number of aromatic nitrogens is 2. The van der Waals surface area contributed by atoms with Gasteiger partial charge in [-0.3, -0.25) is 0 Å². The van der Waals surface area contributed by atoms with Gasteiger partial charge in [0.05, 0.1) is 11.0 Å². The number of imidazole rings is 1. The lowest BCUT2D eigenvalue weighted by atomic mass is 10.3. The Kier molecular flexibility index (Phi) is 5.75. The van der Waals surface area contributed by atoms with E-state index in [9.17, 15) is 5.11 Å². The molecule has 17 heavy (non-hydrogen) atoms. The van der Waals surface area contributed by atoms with Crippen molar-refractivity contribution in [3.05, 3.63) is 24.0 Å². The van der Waals surface area contributed by atoms with Crippen molar-refractivity contribution in [2.24, 2.45) is 0 Å². The molecule has 0 fully saturated rings. The van der Waals surface area contributed by atoms with Gasteiger partial charge in [-0.25, -0.2) is 4.98 Å². The average molecular weight is 278 g/mol. The quantitative estimate of drug-likeness (QED) is 0.830. The molecule has 0 spiro atoms. The molecule has 1 atom stereocenters. The largest absolute Gasteiger partial charge is 0.399 e. The SMILES string of the molecule is CCn1c(C(C)O)nc2cc(N)ccc21.Cl.Cl. The van der Waals surface area contributed by atoms with Gasteiger partial charge in [-0.2, -0.15) is 0 Å². The Balaban J connectivity index is 0.00000128. The Morgan fingerprint density at radius 1 is 1.41 bits per heavy atom. The highest BCUT2D eigenvalue weighted by molar-refractivity contribution is 5.85. The van der Waals surface area contributed by atoms with E-state index in [0.717, 1.165) is 17.6 Å². The molecular weight excluding hydrogens is 261 g/mol. The van der Waals surface area contributed by atoms with Crippen LogP contribution in [0.4, 0.5) is 5.69 Å². The number of hydrogen-bond donors (Lipinski definition) is 2. The molecule has 1 aromatic carbocycles. The fourth-order valence-electron chi connectivity index (χ4n) is 1.82. The number of hydrogen-bond acceptors (Lipinski definition) is 3. The monoisotopic (exact) mass is 277 g/mol. The second-order valence-corrected chi connectivity index (χ2v) is 3.64. The summed E-state index contributed by atoms with van der Waals surface area (Å²) in [5, 5.41) is 9.59. The topological polar surface area (TPSA) is 64.1 Å². The van der Waals surface area contributed by atoms with E-state index in [-0.39, 0.29) is 24.8 Å². The molecule has 1 unspecified atom stereocenters. The molecule has 1 aromatic heterocycles. The average Bonchev–Trinajstić information content (AvgIpc) is 2.55. The number of rotatable bonds is 2. The number of fused-ring (bicyclic) bond motifs is 1. The number of halogens is 2. The molecule has 2 aromatic rings. The zero-order valence-electron chi connectivity index (χ0n) is 9.75. The summed E-state index contributed by atoms with van der Waals surface area (Å²) >= 11 is 0. The minimum atomic E-state index is -0.557. The molecule has 0 aliphatic rings. The summed E-state index contributed by atoms with van der Waals surface area (Å²) < 4.78 is 2.00. The van der Waals surface area contributed by atoms with Crippen molar-refractivity contribution in [2.45, 2.75) is 26.5 Å². The number of benzene rings is 1. The van der Waals surface area contributed by atoms with Crippen molar-refractivity contribution in [1.29, 1.82) is 0 Å². The molecule has 4 nitrogen and oxygen atoms in total. The number of aliphatic hydroxyl groups excluding tert-OH is 1. The summed E-state index contributed by atoms with van der Waals surface area (Å²) in [6, 6.07) is 5.61. The van der Waals surface area contributed by atoms with Gasteiger partial charge in [0.2, 0.25) is 0 Å². The van der Waals surface area contributed by atoms with Crippen LogP contribution in [0.1, 0.15) is 25.8 Å². The maximum Gasteiger partial charge on any atom is 0.138 e. The highest BCUT2D eigenvalue weighted by atomic mass is 35.5. The first-order chi connectivity index (χ1) is 7.13. The van der Waals surface area contributed by atoms with E-state index in [1.165, 1.54) is 0 Å². The first-order valence-electron chi connectivity index (χ1n) is 5.07. The molecule has 0 saturated heterocycles. The van der Waals surface area contributed by atoms with Crippen molar-refractivity contribution in [3.8, 4) is 0 Å². The van der Waals surface area contributed by atoms with Gasteiger partial charge in [0.1, 0.15) is 11.9 Å². The van der Waals surface area contributed by atoms with Gasteiger partial charge in [0, 0.05) is 12.2 Å². The fourth-order valence-corrected chi connectivity index (χ4v) is 1.82. The standard InChI is InChI=1S/C11H15N3O.2ClH/c1-3-14-10-5-4-8(12)6-9(10)13-11(14)7(2)15;;/h4-7,15H,3,12H2,1-2H3;2*1H. The van der Waals surface area contributed by atoms with Crippen LogP contribution in [0.15, 0.2) is 18.2 Å². The van der Waals surface area contributed by atoms with Crippen LogP contribution < -0.4 is 5.73 Å². The van der Waals surface area contributed by atoms with E-state index in [1.54, 1.807) is 6.92 Å². The number of aliphatic hydroxyl groups is 1. The van der Waals surface area contributed by atoms with Crippen LogP contribution in [-0.4, -0.2) is 14.7 Å². The van der Waals surface area contributed by atoms with Gasteiger partial charge in [-0.05, 0) is 32.0 Å². The fraction of sp³-hybridized carbons (Fsp3) is 0.364. The molecule has 0 saturated carbocycles. The summed E-state index contributed by atoms with van der Waals surface area (Å²) in [6.45, 7) is 4.54. The van der Waals surface area contributed by atoms with Crippen molar-refractivity contribution in [2.75, 3.05) is 5.73 Å². The van der Waals surface area contributed by atoms with Crippen LogP contribution in [0.5, 0.6) is 0 Å². The molecule has 0 amide bonds. The van der Waals surface area contributed by atoms with E-state index in [2.05, 4.69) is 4.98 Å². The molecule has 0 radical (unpaired) electrons. The Morgan fingerprint density at radius 3 is 2.59 bits per heavy atom. The van der Waals surface area contributed by atoms with Gasteiger partial charge >= 0.3 is 0 Å². The highest BCUT2D eigenvalue weighted by Crippen LogP contribution is 2.22. The lowest BCUT2D eigenvalue weighted by Crippen LogP contribution is -2.04. The third kappa shape index (κ3) is 2.83. The minimum absolute atomic E-state index is 0. The molecule has 96 valence electrons. The lowest BCUT2D eigenvalue weighted by molar-refractivity contribution is 0.184. The molecule has 0 aliphatic carbocycles. The Hall–Kier alpha value is -0.970. The second-order valence-electron chi connectivity index (χ2n) is 3.64. The maximum absolute atomic E-state index is 9.59. The molecule has 6 heteroatoms. The zero-order chi connectivity index (χ0) is 11.0. The van der Waals surface area contributed by atoms with Gasteiger partial charge < -0.3 is 15.4 Å². The summed E-state index contributed by atoms with van der Waals surface area (Å²) in [7, 11) is 0. The smallest absolute Gasteiger partial charge is 0.138 e. The van der Waals surface area contributed by atoms with E-state index in [0.29, 0.717) is 11.5 Å². The first kappa shape index (κ1) is 16.0. The number of nitrogen functional groups attached to an aromatic ring is 1. The van der Waals surface area contributed by atoms with Crippen molar-refractivity contribution >= 4 is 41.5 Å². The maximum atomic E-state index is 9.59. The lowest BCUT2D eigenvalue weighted by Gasteiger charge is -2.07. The van der Waals surface area contributed by atoms with E-state index in [1.807, 2.05) is 29.7 Å². The number of aryl methyl sites for hydroxylation is 1. The summed E-state index contributed by atoms with van der Waals surface area (Å²) in [5.41, 5.74) is 8.24. The second kappa shape index (κ2) is 6.10. The van der Waals surface area contributed by atoms with Crippen LogP contribution in [0, 0.1) is 0 Å². The van der Waals surface area contributed by atoms with Crippen LogP contribution in [0.25, 0.3) is 11.0 Å². The third-order valence-electron chi connectivity index (χ3n) is 2.49. The highest BCUT2D eigenvalue weighted by Gasteiger charge is 2.13. The molecule has 0 aliphatic heterocycles. The van der Waals surface area contributed by atoms with Crippen LogP contribution in [0.2, 0.25) is 0 Å². The van der Waals surface area contributed by atoms with Gasteiger partial charge in [-0.1, -0.05) is 0 Å². The predicted octanol–water partition coefficient (Wildman–Crippen LogP) is 2.54. The number of nitrogens with zero attached hydrogens (tertiary/aromatic N) is 2. The molecular formula is C11H17Cl2N3O. The first-order valence-corrected chi connectivity index (χ1v) is 5.07. The summed E-state index contributed by atoms with van der Waals surface area (Å²) in [6.07, 6.45) is -0.557. The van der Waals surface area contributed by atoms with Crippen LogP contribution in [0.3, 0.4) is 0 Å². The van der Waals surface area contributed by atoms with Crippen LogP contribution in [-0.2, 0) is 6.54 Å². The summed E-state index contributed by atoms with van der Waals surface area (Å²) in [4.78, 5) is 4.38. The summed E-state index contributed by atoms with van der Waals surface area (Å²) in [5.74, 6) is 0.693. The third-order valence-corrected chi connectivity index (χ3v) is 2.49. The zero-order valence-corrected chi connectivity index (χ0v) is 11.4. The number of anilines is 1. The Morgan fingerprint density at radius 2 is 2.06 bits per heavy atom. The van der Waals surface area contributed by atoms with Crippen molar-refractivity contribution < 1.29 is 5.11 Å². The Labute approximate surface area is 113 Å². The van der Waals surface area contributed by atoms with Gasteiger partial charge in [-0.15, -0.1) is 24.8 Å². The normalized spacial score (nSPS) is 11.7. The molecule has 0 bridgehead atoms. The molecule has 2 rings (SSSR count).